The largest absolute Gasteiger partial charge is 0.482 e. The zero-order valence-corrected chi connectivity index (χ0v) is 16.2. The molecule has 6 nitrogen and oxygen atoms in total. The molecule has 0 aliphatic heterocycles. The molecule has 0 radical (unpaired) electrons. The normalized spacial score (nSPS) is 11.3. The maximum Gasteiger partial charge on any atom is 0.343 e. The highest BCUT2D eigenvalue weighted by molar-refractivity contribution is 7.11. The lowest BCUT2D eigenvalue weighted by atomic mass is 10.1. The van der Waals surface area contributed by atoms with E-state index in [1.165, 1.54) is 18.4 Å². The van der Waals surface area contributed by atoms with E-state index in [1.54, 1.807) is 0 Å². The predicted molar refractivity (Wildman–Crippen MR) is 104 cm³/mol. The fourth-order valence-corrected chi connectivity index (χ4v) is 2.62. The molecule has 1 unspecified atom stereocenters. The van der Waals surface area contributed by atoms with Gasteiger partial charge >= 0.3 is 5.97 Å². The van der Waals surface area contributed by atoms with Gasteiger partial charge in [-0.15, -0.1) is 23.7 Å². The van der Waals surface area contributed by atoms with Crippen molar-refractivity contribution in [3.05, 3.63) is 47.3 Å². The minimum atomic E-state index is -0.545. The fourth-order valence-electron chi connectivity index (χ4n) is 2.04. The molecule has 0 bridgehead atoms. The van der Waals surface area contributed by atoms with E-state index in [-0.39, 0.29) is 25.6 Å². The molecule has 0 aliphatic carbocycles. The van der Waals surface area contributed by atoms with Gasteiger partial charge in [-0.05, 0) is 48.2 Å². The fraction of sp³-hybridized carbons (Fsp3) is 0.389. The summed E-state index contributed by atoms with van der Waals surface area (Å²) in [7, 11) is 1.33. The molecule has 1 heterocycles. The van der Waals surface area contributed by atoms with Crippen molar-refractivity contribution in [2.45, 2.75) is 12.5 Å². The Bertz CT molecular complexity index is 621. The number of thiophene rings is 1. The first-order valence-electron chi connectivity index (χ1n) is 8.01. The Labute approximate surface area is 163 Å². The lowest BCUT2D eigenvalue weighted by Gasteiger charge is -2.12. The van der Waals surface area contributed by atoms with Gasteiger partial charge in [-0.3, -0.25) is 0 Å². The maximum absolute atomic E-state index is 11.0. The lowest BCUT2D eigenvalue weighted by molar-refractivity contribution is -0.142. The molecular formula is C18H24ClNO5S. The Morgan fingerprint density at radius 2 is 2.00 bits per heavy atom. The van der Waals surface area contributed by atoms with Gasteiger partial charge < -0.3 is 24.6 Å². The Morgan fingerprint density at radius 1 is 1.23 bits per heavy atom. The van der Waals surface area contributed by atoms with Gasteiger partial charge in [0.1, 0.15) is 18.5 Å². The van der Waals surface area contributed by atoms with E-state index in [2.05, 4.69) is 10.1 Å². The number of hydrogen-bond acceptors (Lipinski definition) is 7. The molecule has 1 atom stereocenters. The van der Waals surface area contributed by atoms with Gasteiger partial charge in [0.25, 0.3) is 0 Å². The quantitative estimate of drug-likeness (QED) is 0.444. The first-order valence-corrected chi connectivity index (χ1v) is 8.89. The molecular weight excluding hydrogens is 378 g/mol. The number of ether oxygens (including phenoxy) is 3. The Morgan fingerprint density at radius 3 is 2.65 bits per heavy atom. The third-order valence-electron chi connectivity index (χ3n) is 3.39. The van der Waals surface area contributed by atoms with Crippen LogP contribution in [0.1, 0.15) is 5.56 Å². The summed E-state index contributed by atoms with van der Waals surface area (Å²) >= 11 is 1.51. The Hall–Kier alpha value is -1.80. The molecule has 144 valence electrons. The van der Waals surface area contributed by atoms with Gasteiger partial charge in [0.2, 0.25) is 0 Å². The van der Waals surface area contributed by atoms with Crippen LogP contribution in [0.4, 0.5) is 0 Å². The highest BCUT2D eigenvalue weighted by Crippen LogP contribution is 2.18. The summed E-state index contributed by atoms with van der Waals surface area (Å²) in [5, 5.41) is 15.8. The van der Waals surface area contributed by atoms with E-state index in [0.29, 0.717) is 12.3 Å². The third kappa shape index (κ3) is 8.53. The van der Waals surface area contributed by atoms with Crippen LogP contribution in [0.25, 0.3) is 0 Å². The summed E-state index contributed by atoms with van der Waals surface area (Å²) < 4.78 is 15.3. The van der Waals surface area contributed by atoms with Crippen molar-refractivity contribution in [3.8, 4) is 10.8 Å². The summed E-state index contributed by atoms with van der Waals surface area (Å²) in [6, 6.07) is 11.3. The first kappa shape index (κ1) is 22.2. The second-order valence-electron chi connectivity index (χ2n) is 5.36. The van der Waals surface area contributed by atoms with E-state index < -0.39 is 12.1 Å². The van der Waals surface area contributed by atoms with Crippen molar-refractivity contribution in [2.24, 2.45) is 0 Å². The SMILES string of the molecule is COC(=O)COc1ccc(CCNCC(O)COc2cccs2)cc1.Cl. The topological polar surface area (TPSA) is 77.0 Å². The highest BCUT2D eigenvalue weighted by atomic mass is 35.5. The molecule has 0 spiro atoms. The van der Waals surface area contributed by atoms with Crippen LogP contribution in [0, 0.1) is 0 Å². The van der Waals surface area contributed by atoms with Crippen LogP contribution in [0.15, 0.2) is 41.8 Å². The number of rotatable bonds is 11. The first-order chi connectivity index (χ1) is 12.2. The van der Waals surface area contributed by atoms with Crippen molar-refractivity contribution in [3.63, 3.8) is 0 Å². The Balaban J connectivity index is 0.00000338. The average molecular weight is 402 g/mol. The standard InChI is InChI=1S/C18H23NO5S.ClH/c1-22-17(21)13-23-16-6-4-14(5-7-16)8-9-19-11-15(20)12-24-18-3-2-10-25-18;/h2-7,10,15,19-20H,8-9,11-13H2,1H3;1H. The third-order valence-corrected chi connectivity index (χ3v) is 4.17. The van der Waals surface area contributed by atoms with E-state index >= 15 is 0 Å². The van der Waals surface area contributed by atoms with E-state index in [1.807, 2.05) is 41.8 Å². The van der Waals surface area contributed by atoms with Gasteiger partial charge in [0, 0.05) is 6.54 Å². The summed E-state index contributed by atoms with van der Waals surface area (Å²) in [5.74, 6) is 0.221. The maximum atomic E-state index is 11.0. The number of halogens is 1. The molecule has 8 heteroatoms. The zero-order valence-electron chi connectivity index (χ0n) is 14.6. The van der Waals surface area contributed by atoms with Gasteiger partial charge in [-0.25, -0.2) is 4.79 Å². The summed E-state index contributed by atoms with van der Waals surface area (Å²) in [6.07, 6.45) is 0.284. The number of nitrogens with one attached hydrogen (secondary N) is 1. The number of benzene rings is 1. The van der Waals surface area contributed by atoms with Gasteiger partial charge in [-0.1, -0.05) is 12.1 Å². The molecule has 0 saturated heterocycles. The number of carbonyl (C=O) groups is 1. The van der Waals surface area contributed by atoms with Crippen LogP contribution in [-0.2, 0) is 16.0 Å². The number of carbonyl (C=O) groups excluding carboxylic acids is 1. The molecule has 0 saturated carbocycles. The number of esters is 1. The summed E-state index contributed by atoms with van der Waals surface area (Å²) in [6.45, 7) is 1.41. The van der Waals surface area contributed by atoms with Crippen LogP contribution in [0.2, 0.25) is 0 Å². The second kappa shape index (κ2) is 12.5. The van der Waals surface area contributed by atoms with Crippen LogP contribution < -0.4 is 14.8 Å². The van der Waals surface area contributed by atoms with Crippen molar-refractivity contribution < 1.29 is 24.1 Å². The van der Waals surface area contributed by atoms with Crippen molar-refractivity contribution >= 4 is 29.7 Å². The Kier molecular flexibility index (Phi) is 10.7. The van der Waals surface area contributed by atoms with Crippen LogP contribution >= 0.6 is 23.7 Å². The monoisotopic (exact) mass is 401 g/mol. The van der Waals surface area contributed by atoms with Gasteiger partial charge in [0.05, 0.1) is 7.11 Å². The van der Waals surface area contributed by atoms with E-state index in [4.69, 9.17) is 9.47 Å². The molecule has 0 fully saturated rings. The number of methoxy groups -OCH3 is 1. The van der Waals surface area contributed by atoms with Crippen molar-refractivity contribution in [1.29, 1.82) is 0 Å². The van der Waals surface area contributed by atoms with Crippen molar-refractivity contribution in [1.82, 2.24) is 5.32 Å². The van der Waals surface area contributed by atoms with Crippen molar-refractivity contribution in [2.75, 3.05) is 33.4 Å². The van der Waals surface area contributed by atoms with Crippen LogP contribution in [-0.4, -0.2) is 50.6 Å². The molecule has 2 N–H and O–H groups in total. The molecule has 0 aliphatic rings. The van der Waals surface area contributed by atoms with Gasteiger partial charge in [0.15, 0.2) is 11.7 Å². The molecule has 1 aromatic carbocycles. The smallest absolute Gasteiger partial charge is 0.343 e. The second-order valence-corrected chi connectivity index (χ2v) is 6.27. The lowest BCUT2D eigenvalue weighted by Crippen LogP contribution is -2.32. The molecule has 26 heavy (non-hydrogen) atoms. The minimum absolute atomic E-state index is 0. The van der Waals surface area contributed by atoms with Crippen LogP contribution in [0.3, 0.4) is 0 Å². The molecule has 1 aromatic heterocycles. The number of hydrogen-bond donors (Lipinski definition) is 2. The minimum Gasteiger partial charge on any atom is -0.482 e. The number of aliphatic hydroxyl groups excluding tert-OH is 1. The number of aliphatic hydroxyl groups is 1. The average Bonchev–Trinajstić information content (AvgIpc) is 3.16. The van der Waals surface area contributed by atoms with Crippen LogP contribution in [0.5, 0.6) is 10.8 Å². The van der Waals surface area contributed by atoms with E-state index in [9.17, 15) is 9.90 Å². The van der Waals surface area contributed by atoms with E-state index in [0.717, 1.165) is 23.6 Å². The van der Waals surface area contributed by atoms with Gasteiger partial charge in [-0.2, -0.15) is 0 Å². The molecule has 0 amide bonds. The molecule has 2 aromatic rings. The molecule has 2 rings (SSSR count). The zero-order chi connectivity index (χ0) is 17.9. The highest BCUT2D eigenvalue weighted by Gasteiger charge is 2.05. The summed E-state index contributed by atoms with van der Waals surface area (Å²) in [4.78, 5) is 11.0. The predicted octanol–water partition coefficient (Wildman–Crippen LogP) is 2.29. The summed E-state index contributed by atoms with van der Waals surface area (Å²) in [5.41, 5.74) is 1.14.